The molecule has 11 heteroatoms. The van der Waals surface area contributed by atoms with Crippen LogP contribution in [-0.2, 0) is 14.6 Å². The lowest BCUT2D eigenvalue weighted by atomic mass is 10.1. The molecule has 28 heavy (non-hydrogen) atoms. The lowest BCUT2D eigenvalue weighted by Crippen LogP contribution is -2.21. The zero-order valence-electron chi connectivity index (χ0n) is 14.6. The van der Waals surface area contributed by atoms with Crippen LogP contribution in [0.25, 0.3) is 21.1 Å². The summed E-state index contributed by atoms with van der Waals surface area (Å²) in [7, 11) is -4.90. The molecule has 144 valence electrons. The predicted octanol–water partition coefficient (Wildman–Crippen LogP) is 0.433. The highest BCUT2D eigenvalue weighted by atomic mass is 32.3. The van der Waals surface area contributed by atoms with Crippen molar-refractivity contribution in [3.8, 4) is 23.6 Å². The molecule has 0 saturated heterocycles. The van der Waals surface area contributed by atoms with Gasteiger partial charge in [-0.3, -0.25) is 4.18 Å². The fourth-order valence-electron chi connectivity index (χ4n) is 1.96. The van der Waals surface area contributed by atoms with Crippen LogP contribution in [0.15, 0.2) is 12.1 Å². The average molecular weight is 401 g/mol. The maximum Gasteiger partial charge on any atom is 0.272 e. The second-order valence-corrected chi connectivity index (χ2v) is 5.97. The Bertz CT molecular complexity index is 1100. The summed E-state index contributed by atoms with van der Waals surface area (Å²) in [5, 5.41) is 18.5. The van der Waals surface area contributed by atoms with Crippen LogP contribution in [0.2, 0.25) is 0 Å². The van der Waals surface area contributed by atoms with Crippen LogP contribution in [0.5, 0.6) is 11.5 Å². The Kier molecular flexibility index (Phi) is 8.43. The molecule has 0 aliphatic carbocycles. The van der Waals surface area contributed by atoms with E-state index in [2.05, 4.69) is 13.9 Å². The van der Waals surface area contributed by atoms with Gasteiger partial charge in [0.15, 0.2) is 0 Å². The number of hydrogen-bond donors (Lipinski definition) is 0. The molecule has 0 unspecified atom stereocenters. The Hall–Kier alpha value is -3.61. The number of ether oxygens (including phenoxy) is 2. The minimum absolute atomic E-state index is 0.0274. The van der Waals surface area contributed by atoms with Gasteiger partial charge in [-0.25, -0.2) is 28.6 Å². The molecule has 0 radical (unpaired) electrons. The third kappa shape index (κ3) is 6.28. The minimum Gasteiger partial charge on any atom is -0.726 e. The van der Waals surface area contributed by atoms with Gasteiger partial charge in [0.1, 0.15) is 18.1 Å². The van der Waals surface area contributed by atoms with Gasteiger partial charge in [0.05, 0.1) is 38.5 Å². The quantitative estimate of drug-likeness (QED) is 0.264. The van der Waals surface area contributed by atoms with Gasteiger partial charge in [-0.2, -0.15) is 0 Å². The molecular weight excluding hydrogens is 388 g/mol. The molecule has 0 atom stereocenters. The van der Waals surface area contributed by atoms with Gasteiger partial charge in [0.2, 0.25) is 10.4 Å². The van der Waals surface area contributed by atoms with Gasteiger partial charge in [0, 0.05) is 10.4 Å². The highest BCUT2D eigenvalue weighted by Crippen LogP contribution is 2.12. The van der Waals surface area contributed by atoms with Crippen molar-refractivity contribution in [3.05, 3.63) is 45.4 Å². The van der Waals surface area contributed by atoms with Crippen molar-refractivity contribution < 1.29 is 26.6 Å². The topological polar surface area (TPSA) is 141 Å². The molecule has 10 nitrogen and oxygen atoms in total. The van der Waals surface area contributed by atoms with Crippen molar-refractivity contribution in [3.63, 3.8) is 0 Å². The first-order chi connectivity index (χ1) is 13.3. The Labute approximate surface area is 161 Å². The SMILES string of the molecule is [C-]#[N+]/C(C#N)=c1/cc(OCCOS(=O)(=O)[O-])/c(=C(\C#N)[N+]#[C-])cc1OCCC. The Morgan fingerprint density at radius 2 is 1.50 bits per heavy atom. The second kappa shape index (κ2) is 10.5. The lowest BCUT2D eigenvalue weighted by molar-refractivity contribution is 0.198. The smallest absolute Gasteiger partial charge is 0.272 e. The lowest BCUT2D eigenvalue weighted by Gasteiger charge is -2.12. The van der Waals surface area contributed by atoms with Crippen LogP contribution in [0.4, 0.5) is 0 Å². The van der Waals surface area contributed by atoms with Crippen molar-refractivity contribution in [1.29, 1.82) is 10.5 Å². The molecule has 1 rings (SSSR count). The summed E-state index contributed by atoms with van der Waals surface area (Å²) >= 11 is 0. The van der Waals surface area contributed by atoms with Gasteiger partial charge in [-0.05, 0) is 18.6 Å². The van der Waals surface area contributed by atoms with Gasteiger partial charge >= 0.3 is 0 Å². The highest BCUT2D eigenvalue weighted by molar-refractivity contribution is 7.80. The number of nitriles is 2. The molecule has 0 saturated carbocycles. The van der Waals surface area contributed by atoms with E-state index in [0.717, 1.165) is 0 Å². The zero-order valence-corrected chi connectivity index (χ0v) is 15.4. The first-order valence-electron chi connectivity index (χ1n) is 7.64. The normalized spacial score (nSPS) is 12.5. The summed E-state index contributed by atoms with van der Waals surface area (Å²) < 4.78 is 46.3. The van der Waals surface area contributed by atoms with Gasteiger partial charge in [-0.1, -0.05) is 6.92 Å². The molecule has 0 aliphatic heterocycles. The fourth-order valence-corrected chi connectivity index (χ4v) is 2.23. The second-order valence-electron chi connectivity index (χ2n) is 4.92. The van der Waals surface area contributed by atoms with E-state index in [1.165, 1.54) is 12.1 Å². The van der Waals surface area contributed by atoms with Crippen LogP contribution < -0.4 is 19.9 Å². The molecule has 0 fully saturated rings. The van der Waals surface area contributed by atoms with E-state index in [0.29, 0.717) is 6.42 Å². The molecule has 0 heterocycles. The molecule has 0 bridgehead atoms. The van der Waals surface area contributed by atoms with Crippen LogP contribution >= 0.6 is 0 Å². The van der Waals surface area contributed by atoms with Crippen LogP contribution in [-0.4, -0.2) is 32.8 Å². The number of rotatable bonds is 8. The monoisotopic (exact) mass is 401 g/mol. The first-order valence-corrected chi connectivity index (χ1v) is 8.98. The van der Waals surface area contributed by atoms with Gasteiger partial charge in [-0.15, -0.1) is 0 Å². The van der Waals surface area contributed by atoms with Crippen molar-refractivity contribution in [2.24, 2.45) is 0 Å². The van der Waals surface area contributed by atoms with Gasteiger partial charge in [0.25, 0.3) is 11.4 Å². The standard InChI is InChI=1S/C17H14N4O6S/c1-4-5-25-16-8-13(15(11-19)21-3)17(9-12(16)14(10-18)20-2)26-6-7-27-28(22,23)24/h8-9H,4-7H2,1H3,(H,22,23,24)/p-1/b14-12-,15-13+. The first kappa shape index (κ1) is 22.4. The van der Waals surface area contributed by atoms with E-state index in [1.807, 2.05) is 6.92 Å². The van der Waals surface area contributed by atoms with E-state index >= 15 is 0 Å². The van der Waals surface area contributed by atoms with E-state index in [-0.39, 0.29) is 39.9 Å². The fraction of sp³-hybridized carbons (Fsp3) is 0.294. The third-order valence-corrected chi connectivity index (χ3v) is 3.51. The van der Waals surface area contributed by atoms with Crippen molar-refractivity contribution in [1.82, 2.24) is 0 Å². The van der Waals surface area contributed by atoms with Crippen LogP contribution in [0, 0.1) is 35.8 Å². The maximum atomic E-state index is 10.5. The van der Waals surface area contributed by atoms with E-state index < -0.39 is 23.6 Å². The molecular formula is C17H13N4O6S-. The molecule has 1 aromatic carbocycles. The molecule has 0 aromatic heterocycles. The third-order valence-electron chi connectivity index (χ3n) is 3.06. The summed E-state index contributed by atoms with van der Waals surface area (Å²) in [5.41, 5.74) is -0.649. The summed E-state index contributed by atoms with van der Waals surface area (Å²) in [4.78, 5) is 6.22. The predicted molar refractivity (Wildman–Crippen MR) is 93.9 cm³/mol. The highest BCUT2D eigenvalue weighted by Gasteiger charge is 2.11. The Morgan fingerprint density at radius 1 is 1.04 bits per heavy atom. The van der Waals surface area contributed by atoms with Crippen molar-refractivity contribution in [2.45, 2.75) is 13.3 Å². The summed E-state index contributed by atoms with van der Waals surface area (Å²) in [6.07, 6.45) is 0.631. The Balaban J connectivity index is 3.63. The van der Waals surface area contributed by atoms with E-state index in [1.54, 1.807) is 12.1 Å². The van der Waals surface area contributed by atoms with Gasteiger partial charge < -0.3 is 14.0 Å². The van der Waals surface area contributed by atoms with E-state index in [4.69, 9.17) is 22.6 Å². The van der Waals surface area contributed by atoms with Crippen molar-refractivity contribution >= 4 is 21.8 Å². The average Bonchev–Trinajstić information content (AvgIpc) is 2.66. The van der Waals surface area contributed by atoms with E-state index in [9.17, 15) is 23.5 Å². The van der Waals surface area contributed by atoms with Crippen LogP contribution in [0.1, 0.15) is 13.3 Å². The summed E-state index contributed by atoms with van der Waals surface area (Å²) in [6.45, 7) is 15.4. The zero-order chi connectivity index (χ0) is 21.2. The molecule has 0 amide bonds. The largest absolute Gasteiger partial charge is 0.726 e. The summed E-state index contributed by atoms with van der Waals surface area (Å²) in [6, 6.07) is 5.96. The number of benzene rings is 1. The Morgan fingerprint density at radius 3 is 1.86 bits per heavy atom. The molecule has 0 aliphatic rings. The molecule has 0 spiro atoms. The molecule has 1 aromatic rings. The molecule has 0 N–H and O–H groups in total. The minimum atomic E-state index is -4.90. The number of hydrogen-bond acceptors (Lipinski definition) is 8. The van der Waals surface area contributed by atoms with Crippen LogP contribution in [0.3, 0.4) is 0 Å². The van der Waals surface area contributed by atoms with Crippen molar-refractivity contribution in [2.75, 3.05) is 19.8 Å². The summed E-state index contributed by atoms with van der Waals surface area (Å²) in [5.74, 6) is 0.0428. The maximum absolute atomic E-state index is 10.5. The number of nitrogens with zero attached hydrogens (tertiary/aromatic N) is 4.